The van der Waals surface area contributed by atoms with Crippen molar-refractivity contribution in [1.82, 2.24) is 9.88 Å². The lowest BCUT2D eigenvalue weighted by atomic mass is 9.77. The standard InChI is InChI=1S/C36H32N2O8/c1-45-36(44)21-7-4-6-20-22(21)14-25-32-19(18-5-2-3-8-24(18)37-32)11-12-38(25)33(20)31-29(42)16-27(40)23-15-30(43)34(46-35(23)31)17-9-10-26(39)28(41)13-17/h2-10,13,16,25,30,33-34,37,39-43H,11-12,14-15H2,1H3/t25-,30-,33-,34+/m0/s1. The molecule has 234 valence electrons. The first-order valence-electron chi connectivity index (χ1n) is 15.2. The van der Waals surface area contributed by atoms with Crippen LogP contribution in [0.5, 0.6) is 28.7 Å². The number of benzene rings is 4. The number of carbonyl (C=O) groups excluding carboxylic acids is 1. The number of aliphatic hydroxyl groups is 1. The number of methoxy groups -OCH3 is 1. The van der Waals surface area contributed by atoms with Gasteiger partial charge in [0.1, 0.15) is 23.4 Å². The van der Waals surface area contributed by atoms with Crippen molar-refractivity contribution in [1.29, 1.82) is 0 Å². The number of aliphatic hydroxyl groups excluding tert-OH is 1. The highest BCUT2D eigenvalue weighted by molar-refractivity contribution is 5.92. The van der Waals surface area contributed by atoms with Crippen LogP contribution in [0, 0.1) is 0 Å². The lowest BCUT2D eigenvalue weighted by molar-refractivity contribution is 0.0170. The number of ether oxygens (including phenoxy) is 2. The molecule has 4 aromatic carbocycles. The highest BCUT2D eigenvalue weighted by Crippen LogP contribution is 2.55. The summed E-state index contributed by atoms with van der Waals surface area (Å²) in [5, 5.41) is 55.1. The average molecular weight is 621 g/mol. The Morgan fingerprint density at radius 3 is 2.52 bits per heavy atom. The molecule has 4 atom stereocenters. The van der Waals surface area contributed by atoms with Crippen LogP contribution in [0.1, 0.15) is 67.6 Å². The summed E-state index contributed by atoms with van der Waals surface area (Å²) in [6, 6.07) is 18.3. The number of aromatic hydroxyl groups is 4. The molecule has 10 nitrogen and oxygen atoms in total. The van der Waals surface area contributed by atoms with Gasteiger partial charge < -0.3 is 40.0 Å². The van der Waals surface area contributed by atoms with Crippen molar-refractivity contribution in [2.45, 2.75) is 43.6 Å². The van der Waals surface area contributed by atoms with Gasteiger partial charge in [0.2, 0.25) is 0 Å². The van der Waals surface area contributed by atoms with Gasteiger partial charge in [-0.05, 0) is 59.4 Å². The molecule has 10 heteroatoms. The molecule has 1 aromatic heterocycles. The normalized spacial score (nSPS) is 21.9. The number of rotatable bonds is 3. The Bertz CT molecular complexity index is 2050. The molecule has 8 rings (SSSR count). The molecular formula is C36H32N2O8. The summed E-state index contributed by atoms with van der Waals surface area (Å²) in [6.07, 6.45) is -0.791. The molecule has 0 bridgehead atoms. The minimum Gasteiger partial charge on any atom is -0.507 e. The van der Waals surface area contributed by atoms with E-state index in [0.29, 0.717) is 35.2 Å². The van der Waals surface area contributed by atoms with Gasteiger partial charge in [0.25, 0.3) is 0 Å². The van der Waals surface area contributed by atoms with Gasteiger partial charge in [-0.3, -0.25) is 4.90 Å². The number of fused-ring (bicyclic) bond motifs is 7. The molecule has 0 saturated heterocycles. The molecule has 3 aliphatic heterocycles. The summed E-state index contributed by atoms with van der Waals surface area (Å²) in [5.41, 5.74) is 6.49. The molecule has 0 saturated carbocycles. The van der Waals surface area contributed by atoms with E-state index in [-0.39, 0.29) is 41.2 Å². The van der Waals surface area contributed by atoms with Crippen molar-refractivity contribution >= 4 is 16.9 Å². The first-order valence-corrected chi connectivity index (χ1v) is 15.2. The third-order valence-electron chi connectivity index (χ3n) is 9.83. The molecule has 6 N–H and O–H groups in total. The van der Waals surface area contributed by atoms with E-state index in [1.165, 1.54) is 30.9 Å². The number of hydrogen-bond acceptors (Lipinski definition) is 9. The third kappa shape index (κ3) is 4.14. The molecule has 0 radical (unpaired) electrons. The van der Waals surface area contributed by atoms with Crippen LogP contribution in [-0.4, -0.2) is 61.1 Å². The van der Waals surface area contributed by atoms with Crippen LogP contribution in [0.2, 0.25) is 0 Å². The summed E-state index contributed by atoms with van der Waals surface area (Å²) in [4.78, 5) is 19.0. The third-order valence-corrected chi connectivity index (χ3v) is 9.83. The van der Waals surface area contributed by atoms with Gasteiger partial charge in [-0.1, -0.05) is 36.4 Å². The maximum Gasteiger partial charge on any atom is 0.338 e. The maximum absolute atomic E-state index is 13.1. The van der Waals surface area contributed by atoms with E-state index < -0.39 is 24.2 Å². The van der Waals surface area contributed by atoms with Crippen molar-refractivity contribution in [3.05, 3.63) is 111 Å². The van der Waals surface area contributed by atoms with Crippen molar-refractivity contribution in [3.63, 3.8) is 0 Å². The number of phenolic OH excluding ortho intramolecular Hbond substituents is 4. The highest BCUT2D eigenvalue weighted by atomic mass is 16.5. The number of para-hydroxylation sites is 1. The van der Waals surface area contributed by atoms with Gasteiger partial charge in [-0.15, -0.1) is 0 Å². The number of hydrogen-bond donors (Lipinski definition) is 6. The van der Waals surface area contributed by atoms with Crippen LogP contribution in [-0.2, 0) is 24.0 Å². The number of carbonyl (C=O) groups is 1. The molecule has 0 fully saturated rings. The Labute approximate surface area is 263 Å². The minimum absolute atomic E-state index is 0.0120. The van der Waals surface area contributed by atoms with Crippen molar-refractivity contribution in [3.8, 4) is 28.7 Å². The monoisotopic (exact) mass is 620 g/mol. The van der Waals surface area contributed by atoms with Gasteiger partial charge >= 0.3 is 5.97 Å². The lowest BCUT2D eigenvalue weighted by Gasteiger charge is -2.47. The van der Waals surface area contributed by atoms with E-state index in [2.05, 4.69) is 22.0 Å². The van der Waals surface area contributed by atoms with Crippen molar-refractivity contribution in [2.24, 2.45) is 0 Å². The van der Waals surface area contributed by atoms with Gasteiger partial charge in [0, 0.05) is 41.2 Å². The summed E-state index contributed by atoms with van der Waals surface area (Å²) in [5.74, 6) is -1.31. The molecule has 5 aromatic rings. The summed E-state index contributed by atoms with van der Waals surface area (Å²) in [7, 11) is 1.35. The van der Waals surface area contributed by atoms with Gasteiger partial charge in [0.05, 0.1) is 36.4 Å². The summed E-state index contributed by atoms with van der Waals surface area (Å²) in [6.45, 7) is 0.638. The number of H-pyrrole nitrogens is 1. The molecule has 0 amide bonds. The van der Waals surface area contributed by atoms with E-state index in [4.69, 9.17) is 9.47 Å². The quantitative estimate of drug-likeness (QED) is 0.120. The largest absolute Gasteiger partial charge is 0.507 e. The fraction of sp³-hybridized carbons (Fsp3) is 0.250. The zero-order chi connectivity index (χ0) is 31.9. The Hall–Kier alpha value is -5.19. The fourth-order valence-corrected chi connectivity index (χ4v) is 7.76. The van der Waals surface area contributed by atoms with E-state index in [0.717, 1.165) is 34.1 Å². The number of aromatic amines is 1. The first kappa shape index (κ1) is 28.3. The van der Waals surface area contributed by atoms with E-state index in [1.54, 1.807) is 18.2 Å². The molecule has 0 spiro atoms. The minimum atomic E-state index is -1.10. The summed E-state index contributed by atoms with van der Waals surface area (Å²) >= 11 is 0. The Morgan fingerprint density at radius 2 is 1.72 bits per heavy atom. The van der Waals surface area contributed by atoms with E-state index in [9.17, 15) is 30.3 Å². The van der Waals surface area contributed by atoms with Gasteiger partial charge in [0.15, 0.2) is 11.5 Å². The highest BCUT2D eigenvalue weighted by Gasteiger charge is 2.45. The Morgan fingerprint density at radius 1 is 0.891 bits per heavy atom. The van der Waals surface area contributed by atoms with Crippen LogP contribution in [0.15, 0.2) is 66.7 Å². The van der Waals surface area contributed by atoms with Crippen LogP contribution in [0.4, 0.5) is 0 Å². The SMILES string of the molecule is COC(=O)c1cccc2c1C[C@H]1c3[nH]c4ccccc4c3CCN1[C@@H]2c1c(O)cc(O)c2c1O[C@H](c1ccc(O)c(O)c1)[C@@H](O)C2. The smallest absolute Gasteiger partial charge is 0.338 e. The zero-order valence-corrected chi connectivity index (χ0v) is 24.9. The number of esters is 1. The summed E-state index contributed by atoms with van der Waals surface area (Å²) < 4.78 is 11.7. The number of nitrogens with one attached hydrogen (secondary N) is 1. The van der Waals surface area contributed by atoms with Crippen LogP contribution >= 0.6 is 0 Å². The van der Waals surface area contributed by atoms with Gasteiger partial charge in [-0.25, -0.2) is 4.79 Å². The zero-order valence-electron chi connectivity index (χ0n) is 24.9. The predicted molar refractivity (Wildman–Crippen MR) is 167 cm³/mol. The predicted octanol–water partition coefficient (Wildman–Crippen LogP) is 5.06. The molecule has 0 aliphatic carbocycles. The molecule has 0 unspecified atom stereocenters. The van der Waals surface area contributed by atoms with E-state index >= 15 is 0 Å². The lowest BCUT2D eigenvalue weighted by Crippen LogP contribution is -2.44. The average Bonchev–Trinajstić information content (AvgIpc) is 3.44. The topological polar surface area (TPSA) is 156 Å². The maximum atomic E-state index is 13.1. The van der Waals surface area contributed by atoms with Crippen LogP contribution < -0.4 is 4.74 Å². The second kappa shape index (κ2) is 10.4. The molecular weight excluding hydrogens is 588 g/mol. The second-order valence-electron chi connectivity index (χ2n) is 12.2. The van der Waals surface area contributed by atoms with Crippen molar-refractivity contribution < 1.29 is 39.8 Å². The van der Waals surface area contributed by atoms with Crippen LogP contribution in [0.3, 0.4) is 0 Å². The number of phenols is 4. The molecule has 4 heterocycles. The number of aromatic nitrogens is 1. The second-order valence-corrected chi connectivity index (χ2v) is 12.2. The molecule has 46 heavy (non-hydrogen) atoms. The Kier molecular flexibility index (Phi) is 6.42. The van der Waals surface area contributed by atoms with E-state index in [1.807, 2.05) is 18.2 Å². The van der Waals surface area contributed by atoms with Gasteiger partial charge in [-0.2, -0.15) is 0 Å². The Balaban J connectivity index is 1.34. The fourth-order valence-electron chi connectivity index (χ4n) is 7.76. The van der Waals surface area contributed by atoms with Crippen molar-refractivity contribution in [2.75, 3.05) is 13.7 Å². The number of nitrogens with zero attached hydrogens (tertiary/aromatic N) is 1. The van der Waals surface area contributed by atoms with Crippen LogP contribution in [0.25, 0.3) is 10.9 Å². The molecule has 3 aliphatic rings. The first-order chi connectivity index (χ1) is 22.2.